The van der Waals surface area contributed by atoms with Crippen LogP contribution in [0.3, 0.4) is 0 Å². The van der Waals surface area contributed by atoms with Crippen LogP contribution in [0.1, 0.15) is 25.3 Å². The van der Waals surface area contributed by atoms with Gasteiger partial charge in [0.25, 0.3) is 0 Å². The second-order valence-corrected chi connectivity index (χ2v) is 8.68. The van der Waals surface area contributed by atoms with Crippen molar-refractivity contribution in [2.45, 2.75) is 37.7 Å². The van der Waals surface area contributed by atoms with Crippen LogP contribution in [0.5, 0.6) is 5.75 Å². The number of nitrogens with zero attached hydrogens (tertiary/aromatic N) is 3. The minimum absolute atomic E-state index is 0.297. The minimum Gasteiger partial charge on any atom is -0.496 e. The number of fused-ring (bicyclic) bond motifs is 1. The van der Waals surface area contributed by atoms with Crippen LogP contribution in [0.4, 0.5) is 0 Å². The van der Waals surface area contributed by atoms with E-state index >= 15 is 0 Å². The van der Waals surface area contributed by atoms with E-state index in [1.54, 1.807) is 18.9 Å². The Labute approximate surface area is 164 Å². The van der Waals surface area contributed by atoms with Crippen LogP contribution in [0.25, 0.3) is 0 Å². The third-order valence-corrected chi connectivity index (χ3v) is 7.24. The number of hydrogen-bond donors (Lipinski definition) is 0. The number of rotatable bonds is 4. The highest BCUT2D eigenvalue weighted by atomic mass is 35.5. The second kappa shape index (κ2) is 7.67. The van der Waals surface area contributed by atoms with Gasteiger partial charge < -0.3 is 9.64 Å². The third-order valence-electron chi connectivity index (χ3n) is 5.46. The fourth-order valence-electron chi connectivity index (χ4n) is 3.92. The Morgan fingerprint density at radius 1 is 1.27 bits per heavy atom. The third kappa shape index (κ3) is 3.40. The maximum absolute atomic E-state index is 6.38. The predicted octanol–water partition coefficient (Wildman–Crippen LogP) is 4.43. The van der Waals surface area contributed by atoms with Gasteiger partial charge in [-0.05, 0) is 31.4 Å². The van der Waals surface area contributed by atoms with Crippen molar-refractivity contribution in [2.75, 3.05) is 20.2 Å². The van der Waals surface area contributed by atoms with Crippen molar-refractivity contribution in [1.82, 2.24) is 9.80 Å². The van der Waals surface area contributed by atoms with Gasteiger partial charge in [0, 0.05) is 43.0 Å². The number of likely N-dealkylation sites (tertiary alicyclic amines) is 1. The topological polar surface area (TPSA) is 28.1 Å². The normalized spacial score (nSPS) is 24.0. The van der Waals surface area contributed by atoms with E-state index < -0.39 is 0 Å². The highest BCUT2D eigenvalue weighted by molar-refractivity contribution is 8.05. The summed E-state index contributed by atoms with van der Waals surface area (Å²) in [5.41, 5.74) is 3.70. The molecule has 3 heterocycles. The summed E-state index contributed by atoms with van der Waals surface area (Å²) in [5.74, 6) is 0.978. The summed E-state index contributed by atoms with van der Waals surface area (Å²) in [7, 11) is 1.74. The Kier molecular flexibility index (Phi) is 5.30. The maximum Gasteiger partial charge on any atom is 0.123 e. The van der Waals surface area contributed by atoms with Crippen LogP contribution in [-0.2, 0) is 6.54 Å². The molecule has 138 valence electrons. The van der Waals surface area contributed by atoms with Crippen LogP contribution in [-0.4, -0.2) is 47.8 Å². The van der Waals surface area contributed by atoms with Gasteiger partial charge in [0.2, 0.25) is 0 Å². The van der Waals surface area contributed by atoms with E-state index in [2.05, 4.69) is 33.8 Å². The van der Waals surface area contributed by atoms with Gasteiger partial charge >= 0.3 is 0 Å². The van der Waals surface area contributed by atoms with Crippen LogP contribution < -0.4 is 4.74 Å². The van der Waals surface area contributed by atoms with E-state index in [4.69, 9.17) is 16.3 Å². The van der Waals surface area contributed by atoms with Gasteiger partial charge in [-0.3, -0.25) is 4.90 Å². The van der Waals surface area contributed by atoms with Gasteiger partial charge in [0.15, 0.2) is 0 Å². The van der Waals surface area contributed by atoms with E-state index in [0.717, 1.165) is 42.6 Å². The van der Waals surface area contributed by atoms with E-state index in [1.807, 2.05) is 24.7 Å². The SMILES string of the molecule is COc1ccccc1CN1CCC(N2C=NC=C3C(C)=C(Cl)SC32)CC1. The Morgan fingerprint density at radius 2 is 2.04 bits per heavy atom. The van der Waals surface area contributed by atoms with Crippen molar-refractivity contribution < 1.29 is 4.74 Å². The summed E-state index contributed by atoms with van der Waals surface area (Å²) >= 11 is 8.13. The Balaban J connectivity index is 1.37. The number of aliphatic imine (C=N–C) groups is 1. The number of methoxy groups -OCH3 is 1. The molecule has 6 heteroatoms. The van der Waals surface area contributed by atoms with E-state index in [1.165, 1.54) is 16.7 Å². The zero-order chi connectivity index (χ0) is 18.1. The average molecular weight is 390 g/mol. The number of benzene rings is 1. The fraction of sp³-hybridized carbons (Fsp3) is 0.450. The molecule has 0 bridgehead atoms. The number of piperidine rings is 1. The van der Waals surface area contributed by atoms with Gasteiger partial charge in [0.1, 0.15) is 11.1 Å². The monoisotopic (exact) mass is 389 g/mol. The highest BCUT2D eigenvalue weighted by Gasteiger charge is 2.37. The standard InChI is InChI=1S/C20H24ClN3OS/c1-14-17-11-22-13-24(20(17)26-19(14)21)16-7-9-23(10-8-16)12-15-5-3-4-6-18(15)25-2/h3-6,11,13,16,20H,7-10,12H2,1-2H3. The van der Waals surface area contributed by atoms with Crippen LogP contribution >= 0.6 is 23.4 Å². The summed E-state index contributed by atoms with van der Waals surface area (Å²) < 4.78 is 6.40. The first-order chi connectivity index (χ1) is 12.7. The summed E-state index contributed by atoms with van der Waals surface area (Å²) in [6.45, 7) is 5.21. The molecule has 26 heavy (non-hydrogen) atoms. The molecule has 0 spiro atoms. The minimum atomic E-state index is 0.297. The van der Waals surface area contributed by atoms with Crippen molar-refractivity contribution in [3.05, 3.63) is 51.5 Å². The Bertz CT molecular complexity index is 768. The van der Waals surface area contributed by atoms with Gasteiger partial charge in [-0.25, -0.2) is 4.99 Å². The molecule has 0 saturated carbocycles. The maximum atomic E-state index is 6.38. The molecule has 1 fully saturated rings. The van der Waals surface area contributed by atoms with E-state index in [-0.39, 0.29) is 0 Å². The van der Waals surface area contributed by atoms with Crippen LogP contribution in [0.15, 0.2) is 51.0 Å². The first-order valence-electron chi connectivity index (χ1n) is 9.06. The molecule has 1 saturated heterocycles. The van der Waals surface area contributed by atoms with Crippen LogP contribution in [0, 0.1) is 0 Å². The largest absolute Gasteiger partial charge is 0.496 e. The van der Waals surface area contributed by atoms with Gasteiger partial charge in [-0.1, -0.05) is 41.6 Å². The zero-order valence-electron chi connectivity index (χ0n) is 15.2. The number of halogens is 1. The molecule has 4 rings (SSSR count). The molecular formula is C20H24ClN3OS. The van der Waals surface area contributed by atoms with Crippen LogP contribution in [0.2, 0.25) is 0 Å². The fourth-order valence-corrected chi connectivity index (χ4v) is 5.48. The molecule has 3 aliphatic rings. The van der Waals surface area contributed by atoms with Crippen molar-refractivity contribution >= 4 is 29.7 Å². The van der Waals surface area contributed by atoms with Gasteiger partial charge in [-0.2, -0.15) is 0 Å². The molecule has 0 amide bonds. The first kappa shape index (κ1) is 18.0. The molecule has 0 aromatic heterocycles. The second-order valence-electron chi connectivity index (χ2n) is 6.98. The molecule has 1 aromatic carbocycles. The zero-order valence-corrected chi connectivity index (χ0v) is 16.8. The van der Waals surface area contributed by atoms with Crippen molar-refractivity contribution in [3.63, 3.8) is 0 Å². The molecule has 1 atom stereocenters. The molecular weight excluding hydrogens is 366 g/mol. The summed E-state index contributed by atoms with van der Waals surface area (Å²) in [5, 5.41) is 0.297. The lowest BCUT2D eigenvalue weighted by molar-refractivity contribution is 0.149. The lowest BCUT2D eigenvalue weighted by Gasteiger charge is -2.41. The summed E-state index contributed by atoms with van der Waals surface area (Å²) in [4.78, 5) is 9.41. The number of para-hydroxylation sites is 1. The number of ether oxygens (including phenoxy) is 1. The Morgan fingerprint density at radius 3 is 2.81 bits per heavy atom. The average Bonchev–Trinajstić information content (AvgIpc) is 2.97. The molecule has 4 nitrogen and oxygen atoms in total. The number of thioether (sulfide) groups is 1. The van der Waals surface area contributed by atoms with Gasteiger partial charge in [-0.15, -0.1) is 0 Å². The van der Waals surface area contributed by atoms with Gasteiger partial charge in [0.05, 0.1) is 17.8 Å². The van der Waals surface area contributed by atoms with E-state index in [0.29, 0.717) is 11.4 Å². The lowest BCUT2D eigenvalue weighted by atomic mass is 10.0. The quantitative estimate of drug-likeness (QED) is 0.761. The molecule has 0 aliphatic carbocycles. The lowest BCUT2D eigenvalue weighted by Crippen LogP contribution is -2.48. The Hall–Kier alpha value is -1.43. The summed E-state index contributed by atoms with van der Waals surface area (Å²) in [6, 6.07) is 8.82. The summed E-state index contributed by atoms with van der Waals surface area (Å²) in [6.07, 6.45) is 6.25. The molecule has 0 N–H and O–H groups in total. The first-order valence-corrected chi connectivity index (χ1v) is 10.3. The molecule has 0 radical (unpaired) electrons. The van der Waals surface area contributed by atoms with Crippen molar-refractivity contribution in [3.8, 4) is 5.75 Å². The highest BCUT2D eigenvalue weighted by Crippen LogP contribution is 2.47. The van der Waals surface area contributed by atoms with E-state index in [9.17, 15) is 0 Å². The molecule has 1 unspecified atom stereocenters. The van der Waals surface area contributed by atoms with Crippen molar-refractivity contribution in [1.29, 1.82) is 0 Å². The predicted molar refractivity (Wildman–Crippen MR) is 110 cm³/mol. The molecule has 3 aliphatic heterocycles. The smallest absolute Gasteiger partial charge is 0.123 e. The van der Waals surface area contributed by atoms with Crippen molar-refractivity contribution in [2.24, 2.45) is 4.99 Å². The molecule has 1 aromatic rings. The number of hydrogen-bond acceptors (Lipinski definition) is 5.